The number of likely N-dealkylation sites (tertiary alicyclic amines) is 1. The van der Waals surface area contributed by atoms with Gasteiger partial charge >= 0.3 is 12.1 Å². The first-order valence-corrected chi connectivity index (χ1v) is 13.3. The van der Waals surface area contributed by atoms with Crippen LogP contribution < -0.4 is 10.6 Å². The van der Waals surface area contributed by atoms with E-state index in [2.05, 4.69) is 10.6 Å². The lowest BCUT2D eigenvalue weighted by molar-refractivity contribution is -0.142. The zero-order chi connectivity index (χ0) is 28.7. The number of ether oxygens (including phenoxy) is 2. The molecule has 1 aliphatic heterocycles. The van der Waals surface area contributed by atoms with Crippen molar-refractivity contribution < 1.29 is 28.7 Å². The van der Waals surface area contributed by atoms with Crippen molar-refractivity contribution in [3.63, 3.8) is 0 Å². The molecule has 1 aliphatic rings. The molecule has 0 saturated carbocycles. The van der Waals surface area contributed by atoms with Gasteiger partial charge in [0.1, 0.15) is 17.7 Å². The van der Waals surface area contributed by atoms with Crippen molar-refractivity contribution >= 4 is 41.2 Å². The lowest BCUT2D eigenvalue weighted by Crippen LogP contribution is -2.51. The number of carbonyl (C=O) groups excluding carboxylic acids is 4. The van der Waals surface area contributed by atoms with Crippen LogP contribution in [0.2, 0.25) is 5.02 Å². The van der Waals surface area contributed by atoms with Crippen molar-refractivity contribution in [2.24, 2.45) is 0 Å². The monoisotopic (exact) mass is 557 g/mol. The molecule has 210 valence electrons. The van der Waals surface area contributed by atoms with Gasteiger partial charge in [-0.05, 0) is 76.3 Å². The molecule has 2 aromatic rings. The molecule has 0 aromatic heterocycles. The van der Waals surface area contributed by atoms with Crippen LogP contribution in [0.1, 0.15) is 61.5 Å². The molecular weight excluding hydrogens is 522 g/mol. The highest BCUT2D eigenvalue weighted by Gasteiger charge is 2.35. The Bertz CT molecular complexity index is 1190. The van der Waals surface area contributed by atoms with Gasteiger partial charge in [-0.2, -0.15) is 0 Å². The van der Waals surface area contributed by atoms with E-state index in [-0.39, 0.29) is 12.3 Å². The number of amides is 3. The first-order valence-electron chi connectivity index (χ1n) is 12.9. The van der Waals surface area contributed by atoms with Crippen molar-refractivity contribution in [1.29, 1.82) is 0 Å². The maximum absolute atomic E-state index is 13.1. The Morgan fingerprint density at radius 3 is 2.38 bits per heavy atom. The third kappa shape index (κ3) is 8.20. The Balaban J connectivity index is 1.67. The summed E-state index contributed by atoms with van der Waals surface area (Å²) in [5.41, 5.74) is 1.62. The topological polar surface area (TPSA) is 114 Å². The largest absolute Gasteiger partial charge is 0.467 e. The Morgan fingerprint density at radius 2 is 1.77 bits per heavy atom. The van der Waals surface area contributed by atoms with E-state index < -0.39 is 35.7 Å². The average molecular weight is 558 g/mol. The maximum Gasteiger partial charge on any atom is 0.410 e. The molecule has 0 bridgehead atoms. The quantitative estimate of drug-likeness (QED) is 0.468. The summed E-state index contributed by atoms with van der Waals surface area (Å²) in [6.45, 7) is 7.60. The van der Waals surface area contributed by atoms with Crippen LogP contribution in [0.3, 0.4) is 0 Å². The van der Waals surface area contributed by atoms with Gasteiger partial charge in [0, 0.05) is 18.7 Å². The van der Waals surface area contributed by atoms with E-state index in [0.29, 0.717) is 34.8 Å². The minimum absolute atomic E-state index is 0.172. The number of esters is 1. The van der Waals surface area contributed by atoms with E-state index in [1.807, 2.05) is 0 Å². The van der Waals surface area contributed by atoms with Gasteiger partial charge in [0.25, 0.3) is 5.91 Å². The van der Waals surface area contributed by atoms with Crippen LogP contribution in [0, 0.1) is 6.92 Å². The third-order valence-electron chi connectivity index (χ3n) is 6.33. The number of rotatable bonds is 7. The lowest BCUT2D eigenvalue weighted by atomic mass is 10.0. The summed E-state index contributed by atoms with van der Waals surface area (Å²) >= 11 is 6.21. The number of anilines is 1. The summed E-state index contributed by atoms with van der Waals surface area (Å²) in [6, 6.07) is 10.5. The number of benzene rings is 2. The van der Waals surface area contributed by atoms with E-state index in [0.717, 1.165) is 18.4 Å². The SMILES string of the molecule is COC(=O)[C@H](Cc1ccc(NC(=O)C2CCCCN2C(=O)OC(C)(C)C)cc1)NC(=O)c1c(C)cccc1Cl. The smallest absolute Gasteiger partial charge is 0.410 e. The van der Waals surface area contributed by atoms with E-state index in [9.17, 15) is 19.2 Å². The molecule has 1 fully saturated rings. The Morgan fingerprint density at radius 1 is 1.08 bits per heavy atom. The highest BCUT2D eigenvalue weighted by Crippen LogP contribution is 2.23. The first-order chi connectivity index (χ1) is 18.4. The van der Waals surface area contributed by atoms with Gasteiger partial charge in [-0.25, -0.2) is 9.59 Å². The second-order valence-electron chi connectivity index (χ2n) is 10.6. The summed E-state index contributed by atoms with van der Waals surface area (Å²) in [5.74, 6) is -1.35. The number of nitrogens with zero attached hydrogens (tertiary/aromatic N) is 1. The fraction of sp³-hybridized carbons (Fsp3) is 0.448. The molecular formula is C29H36ClN3O6. The maximum atomic E-state index is 13.1. The Hall–Kier alpha value is -3.59. The fourth-order valence-corrected chi connectivity index (χ4v) is 4.72. The molecule has 2 aromatic carbocycles. The average Bonchev–Trinajstić information content (AvgIpc) is 2.87. The van der Waals surface area contributed by atoms with Crippen LogP contribution in [0.25, 0.3) is 0 Å². The van der Waals surface area contributed by atoms with E-state index in [1.165, 1.54) is 12.0 Å². The molecule has 1 unspecified atom stereocenters. The number of carbonyl (C=O) groups is 4. The molecule has 39 heavy (non-hydrogen) atoms. The zero-order valence-electron chi connectivity index (χ0n) is 23.0. The summed E-state index contributed by atoms with van der Waals surface area (Å²) in [7, 11) is 1.26. The van der Waals surface area contributed by atoms with Gasteiger partial charge in [0.15, 0.2) is 0 Å². The molecule has 2 N–H and O–H groups in total. The molecule has 9 nitrogen and oxygen atoms in total. The molecule has 0 aliphatic carbocycles. The van der Waals surface area contributed by atoms with E-state index in [1.54, 1.807) is 70.2 Å². The summed E-state index contributed by atoms with van der Waals surface area (Å²) in [4.78, 5) is 52.6. The standard InChI is InChI=1S/C29H36ClN3O6/c1-18-9-8-10-21(30)24(18)26(35)32-22(27(36)38-5)17-19-12-14-20(15-13-19)31-25(34)23-11-6-7-16-33(23)28(37)39-29(2,3)4/h8-10,12-15,22-23H,6-7,11,16-17H2,1-5H3,(H,31,34)(H,32,35)/t22-,23?/m0/s1. The minimum atomic E-state index is -0.941. The first kappa shape index (κ1) is 30.0. The molecule has 1 saturated heterocycles. The number of nitrogens with one attached hydrogen (secondary N) is 2. The van der Waals surface area contributed by atoms with Crippen LogP contribution in [0.4, 0.5) is 10.5 Å². The van der Waals surface area contributed by atoms with Crippen molar-refractivity contribution in [1.82, 2.24) is 10.2 Å². The molecule has 1 heterocycles. The number of piperidine rings is 1. The third-order valence-corrected chi connectivity index (χ3v) is 6.65. The van der Waals surface area contributed by atoms with Crippen LogP contribution >= 0.6 is 11.6 Å². The predicted octanol–water partition coefficient (Wildman–Crippen LogP) is 4.89. The number of aryl methyl sites for hydroxylation is 1. The van der Waals surface area contributed by atoms with E-state index in [4.69, 9.17) is 21.1 Å². The normalized spacial score (nSPS) is 16.2. The van der Waals surface area contributed by atoms with E-state index >= 15 is 0 Å². The molecule has 2 atom stereocenters. The van der Waals surface area contributed by atoms with Crippen molar-refractivity contribution in [3.8, 4) is 0 Å². The molecule has 0 radical (unpaired) electrons. The number of halogens is 1. The van der Waals surface area contributed by atoms with Gasteiger partial charge in [0.2, 0.25) is 5.91 Å². The summed E-state index contributed by atoms with van der Waals surface area (Å²) in [6.07, 6.45) is 1.87. The van der Waals surface area contributed by atoms with Crippen LogP contribution in [0.15, 0.2) is 42.5 Å². The predicted molar refractivity (Wildman–Crippen MR) is 149 cm³/mol. The lowest BCUT2D eigenvalue weighted by Gasteiger charge is -2.35. The highest BCUT2D eigenvalue weighted by molar-refractivity contribution is 6.34. The van der Waals surface area contributed by atoms with Gasteiger partial charge in [-0.1, -0.05) is 35.9 Å². The zero-order valence-corrected chi connectivity index (χ0v) is 23.8. The Kier molecular flexibility index (Phi) is 9.97. The fourth-order valence-electron chi connectivity index (χ4n) is 4.41. The van der Waals surface area contributed by atoms with Gasteiger partial charge in [-0.3, -0.25) is 14.5 Å². The minimum Gasteiger partial charge on any atom is -0.467 e. The molecule has 10 heteroatoms. The second-order valence-corrected chi connectivity index (χ2v) is 11.0. The number of hydrogen-bond acceptors (Lipinski definition) is 6. The van der Waals surface area contributed by atoms with Crippen LogP contribution in [-0.2, 0) is 25.5 Å². The highest BCUT2D eigenvalue weighted by atomic mass is 35.5. The second kappa shape index (κ2) is 13.0. The van der Waals surface area contributed by atoms with Crippen LogP contribution in [0.5, 0.6) is 0 Å². The van der Waals surface area contributed by atoms with Crippen molar-refractivity contribution in [2.75, 3.05) is 19.0 Å². The number of hydrogen-bond donors (Lipinski definition) is 2. The van der Waals surface area contributed by atoms with Crippen molar-refractivity contribution in [3.05, 3.63) is 64.2 Å². The Labute approximate surface area is 234 Å². The van der Waals surface area contributed by atoms with Crippen LogP contribution in [-0.4, -0.2) is 60.1 Å². The molecule has 3 amide bonds. The molecule has 3 rings (SSSR count). The van der Waals surface area contributed by atoms with Gasteiger partial charge in [-0.15, -0.1) is 0 Å². The van der Waals surface area contributed by atoms with Gasteiger partial charge in [0.05, 0.1) is 17.7 Å². The summed E-state index contributed by atoms with van der Waals surface area (Å²) < 4.78 is 10.4. The van der Waals surface area contributed by atoms with Crippen molar-refractivity contribution in [2.45, 2.75) is 71.1 Å². The summed E-state index contributed by atoms with van der Waals surface area (Å²) in [5, 5.41) is 5.89. The van der Waals surface area contributed by atoms with Gasteiger partial charge < -0.3 is 20.1 Å². The molecule has 0 spiro atoms. The number of methoxy groups -OCH3 is 1.